The Hall–Kier alpha value is -2.78. The first-order valence-electron chi connectivity index (χ1n) is 9.10. The summed E-state index contributed by atoms with van der Waals surface area (Å²) in [5.74, 6) is 0.251. The number of aromatic amines is 1. The summed E-state index contributed by atoms with van der Waals surface area (Å²) in [6, 6.07) is 1.98. The molecule has 0 unspecified atom stereocenters. The number of aromatic nitrogens is 5. The Kier molecular flexibility index (Phi) is 5.12. The average Bonchev–Trinajstić information content (AvgIpc) is 3.38. The van der Waals surface area contributed by atoms with Crippen LogP contribution in [-0.4, -0.2) is 74.7 Å². The number of nitrogens with zero attached hydrogens (tertiary/aromatic N) is 5. The SMILES string of the molecule is COCCN1CCC(NC(=O)c2nc(-n3ccnc3)nc3cc[nH]c23)CC1. The van der Waals surface area contributed by atoms with Gasteiger partial charge in [0.1, 0.15) is 6.33 Å². The van der Waals surface area contributed by atoms with Gasteiger partial charge in [0.15, 0.2) is 5.69 Å². The van der Waals surface area contributed by atoms with Crippen molar-refractivity contribution in [3.05, 3.63) is 36.7 Å². The molecule has 4 heterocycles. The molecule has 4 rings (SSSR count). The molecule has 0 radical (unpaired) electrons. The lowest BCUT2D eigenvalue weighted by Crippen LogP contribution is -2.45. The van der Waals surface area contributed by atoms with Gasteiger partial charge in [0.25, 0.3) is 5.91 Å². The molecule has 0 atom stereocenters. The summed E-state index contributed by atoms with van der Waals surface area (Å²) in [5.41, 5.74) is 1.71. The predicted molar refractivity (Wildman–Crippen MR) is 99.8 cm³/mol. The largest absolute Gasteiger partial charge is 0.383 e. The normalized spacial score (nSPS) is 16.0. The molecule has 0 bridgehead atoms. The van der Waals surface area contributed by atoms with Gasteiger partial charge in [-0.2, -0.15) is 0 Å². The molecule has 0 saturated carbocycles. The Morgan fingerprint density at radius 2 is 2.22 bits per heavy atom. The van der Waals surface area contributed by atoms with Gasteiger partial charge in [-0.3, -0.25) is 9.36 Å². The van der Waals surface area contributed by atoms with Crippen molar-refractivity contribution in [3.8, 4) is 5.95 Å². The quantitative estimate of drug-likeness (QED) is 0.672. The number of rotatable bonds is 6. The fourth-order valence-electron chi connectivity index (χ4n) is 3.36. The molecule has 1 fully saturated rings. The Labute approximate surface area is 156 Å². The summed E-state index contributed by atoms with van der Waals surface area (Å²) in [7, 11) is 1.72. The van der Waals surface area contributed by atoms with Crippen LogP contribution in [0.15, 0.2) is 31.0 Å². The van der Waals surface area contributed by atoms with Crippen molar-refractivity contribution in [1.82, 2.24) is 34.7 Å². The first-order valence-corrected chi connectivity index (χ1v) is 9.10. The van der Waals surface area contributed by atoms with Gasteiger partial charge in [0.05, 0.1) is 17.6 Å². The molecule has 9 nitrogen and oxygen atoms in total. The minimum Gasteiger partial charge on any atom is -0.383 e. The maximum atomic E-state index is 12.9. The third kappa shape index (κ3) is 3.83. The average molecular weight is 369 g/mol. The van der Waals surface area contributed by atoms with Gasteiger partial charge in [-0.05, 0) is 18.9 Å². The predicted octanol–water partition coefficient (Wildman–Crippen LogP) is 0.984. The number of carbonyl (C=O) groups excluding carboxylic acids is 1. The number of ether oxygens (including phenoxy) is 1. The van der Waals surface area contributed by atoms with Crippen LogP contribution in [0, 0.1) is 0 Å². The Balaban J connectivity index is 1.49. The van der Waals surface area contributed by atoms with E-state index in [0.29, 0.717) is 22.7 Å². The van der Waals surface area contributed by atoms with Crippen LogP contribution in [0.25, 0.3) is 17.0 Å². The summed E-state index contributed by atoms with van der Waals surface area (Å²) < 4.78 is 6.83. The highest BCUT2D eigenvalue weighted by Crippen LogP contribution is 2.17. The van der Waals surface area contributed by atoms with Crippen LogP contribution < -0.4 is 5.32 Å². The maximum Gasteiger partial charge on any atom is 0.272 e. The van der Waals surface area contributed by atoms with Crippen molar-refractivity contribution < 1.29 is 9.53 Å². The van der Waals surface area contributed by atoms with Gasteiger partial charge < -0.3 is 19.9 Å². The molecule has 0 aromatic carbocycles. The van der Waals surface area contributed by atoms with Crippen molar-refractivity contribution in [2.75, 3.05) is 33.4 Å². The highest BCUT2D eigenvalue weighted by atomic mass is 16.5. The minimum absolute atomic E-state index is 0.146. The van der Waals surface area contributed by atoms with Crippen LogP contribution in [0.4, 0.5) is 0 Å². The summed E-state index contributed by atoms with van der Waals surface area (Å²) >= 11 is 0. The highest BCUT2D eigenvalue weighted by Gasteiger charge is 2.23. The molecule has 1 aliphatic heterocycles. The van der Waals surface area contributed by atoms with E-state index in [2.05, 4.69) is 30.2 Å². The molecular weight excluding hydrogens is 346 g/mol. The zero-order chi connectivity index (χ0) is 18.6. The molecule has 0 spiro atoms. The summed E-state index contributed by atoms with van der Waals surface area (Å²) in [6.07, 6.45) is 8.63. The van der Waals surface area contributed by atoms with E-state index in [-0.39, 0.29) is 11.9 Å². The van der Waals surface area contributed by atoms with E-state index in [9.17, 15) is 4.79 Å². The van der Waals surface area contributed by atoms with E-state index in [0.717, 1.165) is 39.1 Å². The van der Waals surface area contributed by atoms with Gasteiger partial charge in [-0.25, -0.2) is 15.0 Å². The zero-order valence-electron chi connectivity index (χ0n) is 15.3. The third-order valence-corrected chi connectivity index (χ3v) is 4.88. The highest BCUT2D eigenvalue weighted by molar-refractivity contribution is 6.03. The fourth-order valence-corrected chi connectivity index (χ4v) is 3.36. The lowest BCUT2D eigenvalue weighted by molar-refractivity contribution is 0.0889. The standard InChI is InChI=1S/C18H23N7O2/c1-27-11-10-24-7-3-13(4-8-24)21-17(26)16-15-14(2-5-20-15)22-18(23-16)25-9-6-19-12-25/h2,5-6,9,12-13,20H,3-4,7-8,10-11H2,1H3,(H,21,26). The van der Waals surface area contributed by atoms with E-state index in [1.807, 2.05) is 6.07 Å². The van der Waals surface area contributed by atoms with Crippen molar-refractivity contribution in [1.29, 1.82) is 0 Å². The first kappa shape index (κ1) is 17.6. The second-order valence-electron chi connectivity index (χ2n) is 6.66. The Morgan fingerprint density at radius 1 is 1.37 bits per heavy atom. The number of carbonyl (C=O) groups is 1. The molecule has 27 heavy (non-hydrogen) atoms. The van der Waals surface area contributed by atoms with Crippen LogP contribution in [0.1, 0.15) is 23.3 Å². The number of amides is 1. The van der Waals surface area contributed by atoms with Crippen LogP contribution in [0.2, 0.25) is 0 Å². The van der Waals surface area contributed by atoms with Gasteiger partial charge in [-0.15, -0.1) is 0 Å². The molecule has 3 aromatic heterocycles. The van der Waals surface area contributed by atoms with E-state index in [1.54, 1.807) is 36.6 Å². The van der Waals surface area contributed by atoms with E-state index in [4.69, 9.17) is 4.74 Å². The molecule has 9 heteroatoms. The second kappa shape index (κ2) is 7.85. The van der Waals surface area contributed by atoms with E-state index in [1.165, 1.54) is 0 Å². The smallest absolute Gasteiger partial charge is 0.272 e. The molecule has 2 N–H and O–H groups in total. The number of H-pyrrole nitrogens is 1. The lowest BCUT2D eigenvalue weighted by atomic mass is 10.0. The van der Waals surface area contributed by atoms with Gasteiger partial charge in [0, 0.05) is 51.4 Å². The molecular formula is C18H23N7O2. The Bertz CT molecular complexity index is 898. The maximum absolute atomic E-state index is 12.9. The molecule has 1 aliphatic rings. The topological polar surface area (TPSA) is 101 Å². The first-order chi connectivity index (χ1) is 13.2. The monoisotopic (exact) mass is 369 g/mol. The molecule has 1 saturated heterocycles. The summed E-state index contributed by atoms with van der Waals surface area (Å²) in [6.45, 7) is 3.58. The van der Waals surface area contributed by atoms with Gasteiger partial charge >= 0.3 is 0 Å². The van der Waals surface area contributed by atoms with Crippen molar-refractivity contribution in [2.45, 2.75) is 18.9 Å². The van der Waals surface area contributed by atoms with Crippen molar-refractivity contribution in [2.24, 2.45) is 0 Å². The van der Waals surface area contributed by atoms with E-state index < -0.39 is 0 Å². The van der Waals surface area contributed by atoms with Crippen molar-refractivity contribution in [3.63, 3.8) is 0 Å². The zero-order valence-corrected chi connectivity index (χ0v) is 15.3. The van der Waals surface area contributed by atoms with Crippen LogP contribution in [-0.2, 0) is 4.74 Å². The number of imidazole rings is 1. The number of fused-ring (bicyclic) bond motifs is 1. The third-order valence-electron chi connectivity index (χ3n) is 4.88. The number of likely N-dealkylation sites (tertiary alicyclic amines) is 1. The number of piperidine rings is 1. The number of nitrogens with one attached hydrogen (secondary N) is 2. The second-order valence-corrected chi connectivity index (χ2v) is 6.66. The lowest BCUT2D eigenvalue weighted by Gasteiger charge is -2.32. The van der Waals surface area contributed by atoms with E-state index >= 15 is 0 Å². The van der Waals surface area contributed by atoms with Gasteiger partial charge in [0.2, 0.25) is 5.95 Å². The van der Waals surface area contributed by atoms with Crippen LogP contribution in [0.5, 0.6) is 0 Å². The van der Waals surface area contributed by atoms with Crippen molar-refractivity contribution >= 4 is 16.9 Å². The molecule has 142 valence electrons. The summed E-state index contributed by atoms with van der Waals surface area (Å²) in [5, 5.41) is 3.13. The fraction of sp³-hybridized carbons (Fsp3) is 0.444. The van der Waals surface area contributed by atoms with Gasteiger partial charge in [-0.1, -0.05) is 0 Å². The Morgan fingerprint density at radius 3 is 2.96 bits per heavy atom. The number of methoxy groups -OCH3 is 1. The minimum atomic E-state index is -0.179. The van der Waals surface area contributed by atoms with Crippen LogP contribution >= 0.6 is 0 Å². The molecule has 1 amide bonds. The van der Waals surface area contributed by atoms with Crippen LogP contribution in [0.3, 0.4) is 0 Å². The molecule has 3 aromatic rings. The number of hydrogen-bond donors (Lipinski definition) is 2. The molecule has 0 aliphatic carbocycles. The summed E-state index contributed by atoms with van der Waals surface area (Å²) in [4.78, 5) is 31.3. The number of hydrogen-bond acceptors (Lipinski definition) is 6.